The van der Waals surface area contributed by atoms with Gasteiger partial charge in [0.15, 0.2) is 10.1 Å². The normalized spacial score (nSPS) is 11.3. The molecule has 2 heterocycles. The van der Waals surface area contributed by atoms with Crippen LogP contribution in [-0.2, 0) is 55.8 Å². The van der Waals surface area contributed by atoms with E-state index in [9.17, 15) is 26.4 Å². The van der Waals surface area contributed by atoms with Crippen molar-refractivity contribution in [1.29, 1.82) is 0 Å². The van der Waals surface area contributed by atoms with E-state index >= 15 is 0 Å². The lowest BCUT2D eigenvalue weighted by Crippen LogP contribution is -2.31. The second kappa shape index (κ2) is 16.0. The molecule has 0 aliphatic carbocycles. The van der Waals surface area contributed by atoms with E-state index in [1.807, 2.05) is 24.3 Å². The Bertz CT molecular complexity index is 1770. The van der Waals surface area contributed by atoms with Gasteiger partial charge in [0.05, 0.1) is 14.2 Å². The fraction of sp³-hybridized carbons (Fsp3) is 0.286. The van der Waals surface area contributed by atoms with Crippen LogP contribution in [0.4, 0.5) is 0 Å². The number of hydrogen-bond acceptors (Lipinski definition) is 10. The molecule has 4 aromatic rings. The van der Waals surface area contributed by atoms with E-state index < -0.39 is 20.0 Å². The van der Waals surface area contributed by atoms with Crippen molar-refractivity contribution in [3.05, 3.63) is 84.2 Å². The number of sulfonamides is 2. The molecule has 0 spiro atoms. The molecule has 0 bridgehead atoms. The SMILES string of the molecule is CNC(=O)Cn1ccc(S(=O)(=O)N(Cc2ccc(OC)cc2)Cc2ccc(OC)cc2)n1.CNC(=O)Cn1ccc(S(N)(=O)=O)n1. The van der Waals surface area contributed by atoms with Crippen LogP contribution in [0.2, 0.25) is 0 Å². The Balaban J connectivity index is 0.000000344. The summed E-state index contributed by atoms with van der Waals surface area (Å²) >= 11 is 0. The molecule has 46 heavy (non-hydrogen) atoms. The number of rotatable bonds is 13. The zero-order valence-corrected chi connectivity index (χ0v) is 27.3. The van der Waals surface area contributed by atoms with Crippen LogP contribution in [0.25, 0.3) is 0 Å². The van der Waals surface area contributed by atoms with Crippen molar-refractivity contribution in [2.45, 2.75) is 36.2 Å². The van der Waals surface area contributed by atoms with Gasteiger partial charge in [0.1, 0.15) is 24.6 Å². The molecule has 0 aliphatic rings. The van der Waals surface area contributed by atoms with Gasteiger partial charge < -0.3 is 20.1 Å². The number of methoxy groups -OCH3 is 2. The highest BCUT2D eigenvalue weighted by Crippen LogP contribution is 2.22. The number of nitrogens with one attached hydrogen (secondary N) is 2. The smallest absolute Gasteiger partial charge is 0.262 e. The van der Waals surface area contributed by atoms with Gasteiger partial charge >= 0.3 is 0 Å². The first kappa shape index (κ1) is 35.7. The average Bonchev–Trinajstić information content (AvgIpc) is 3.72. The predicted molar refractivity (Wildman–Crippen MR) is 166 cm³/mol. The van der Waals surface area contributed by atoms with Crippen molar-refractivity contribution in [3.8, 4) is 11.5 Å². The summed E-state index contributed by atoms with van der Waals surface area (Å²) in [5.41, 5.74) is 1.60. The minimum Gasteiger partial charge on any atom is -0.497 e. The lowest BCUT2D eigenvalue weighted by Gasteiger charge is -2.21. The van der Waals surface area contributed by atoms with Crippen molar-refractivity contribution in [3.63, 3.8) is 0 Å². The van der Waals surface area contributed by atoms with E-state index in [-0.39, 0.29) is 48.0 Å². The molecule has 0 aliphatic heterocycles. The van der Waals surface area contributed by atoms with Gasteiger partial charge in [-0.2, -0.15) is 14.5 Å². The maximum absolute atomic E-state index is 13.5. The van der Waals surface area contributed by atoms with Gasteiger partial charge in [0.2, 0.25) is 11.8 Å². The maximum atomic E-state index is 13.5. The standard InChI is InChI=1S/C22H26N4O5S.C6H10N4O3S/c1-23-21(27)16-25-13-12-22(24-25)32(28,29)26(14-17-4-8-19(30-2)9-5-17)15-18-6-10-20(31-3)11-7-18;1-8-5(11)4-10-3-2-6(9-10)14(7,12)13/h4-13H,14-16H2,1-3H3,(H,23,27);2-3H,4H2,1H3,(H,8,11)(H2,7,12,13). The zero-order valence-electron chi connectivity index (χ0n) is 25.7. The number of nitrogens with two attached hydrogens (primary N) is 1. The van der Waals surface area contributed by atoms with Crippen molar-refractivity contribution >= 4 is 31.9 Å². The number of ether oxygens (including phenoxy) is 2. The minimum atomic E-state index is -3.94. The average molecular weight is 677 g/mol. The quantitative estimate of drug-likeness (QED) is 0.177. The number of nitrogens with zero attached hydrogens (tertiary/aromatic N) is 5. The summed E-state index contributed by atoms with van der Waals surface area (Å²) in [7, 11) is -1.60. The van der Waals surface area contributed by atoms with Gasteiger partial charge in [-0.25, -0.2) is 22.0 Å². The second-order valence-corrected chi connectivity index (χ2v) is 13.0. The van der Waals surface area contributed by atoms with Gasteiger partial charge in [-0.05, 0) is 47.5 Å². The molecule has 2 aromatic heterocycles. The molecule has 0 unspecified atom stereocenters. The van der Waals surface area contributed by atoms with Crippen LogP contribution in [0.3, 0.4) is 0 Å². The molecule has 0 saturated heterocycles. The first-order valence-corrected chi connectivity index (χ1v) is 16.5. The minimum absolute atomic E-state index is 0.0357. The summed E-state index contributed by atoms with van der Waals surface area (Å²) in [4.78, 5) is 22.5. The predicted octanol–water partition coefficient (Wildman–Crippen LogP) is 0.314. The molecule has 2 aromatic carbocycles. The van der Waals surface area contributed by atoms with Gasteiger partial charge in [0, 0.05) is 39.6 Å². The highest BCUT2D eigenvalue weighted by atomic mass is 32.2. The molecule has 0 atom stereocenters. The highest BCUT2D eigenvalue weighted by Gasteiger charge is 2.28. The topological polar surface area (TPSA) is 210 Å². The number of likely N-dealkylation sites (N-methyl/N-ethyl adjacent to an activating group) is 2. The van der Waals surface area contributed by atoms with E-state index in [0.29, 0.717) is 11.5 Å². The number of primary sulfonamides is 1. The number of carbonyl (C=O) groups is 2. The fourth-order valence-corrected chi connectivity index (χ4v) is 5.64. The molecule has 4 N–H and O–H groups in total. The van der Waals surface area contributed by atoms with Crippen LogP contribution in [0.15, 0.2) is 83.1 Å². The van der Waals surface area contributed by atoms with E-state index in [1.54, 1.807) is 38.5 Å². The zero-order chi connectivity index (χ0) is 33.9. The molecule has 4 rings (SSSR count). The van der Waals surface area contributed by atoms with Crippen LogP contribution in [-0.4, -0.2) is 80.8 Å². The number of hydrogen-bond donors (Lipinski definition) is 3. The summed E-state index contributed by atoms with van der Waals surface area (Å²) < 4.78 is 62.7. The second-order valence-electron chi connectivity index (χ2n) is 9.56. The van der Waals surface area contributed by atoms with Crippen LogP contribution in [0, 0.1) is 0 Å². The van der Waals surface area contributed by atoms with Gasteiger partial charge in [-0.3, -0.25) is 19.0 Å². The van der Waals surface area contributed by atoms with Crippen molar-refractivity contribution in [2.24, 2.45) is 5.14 Å². The molecule has 0 fully saturated rings. The Morgan fingerprint density at radius 1 is 0.717 bits per heavy atom. The Morgan fingerprint density at radius 3 is 1.46 bits per heavy atom. The van der Waals surface area contributed by atoms with Gasteiger partial charge in [-0.15, -0.1) is 0 Å². The lowest BCUT2D eigenvalue weighted by molar-refractivity contribution is -0.122. The Labute approximate surface area is 267 Å². The maximum Gasteiger partial charge on any atom is 0.262 e. The third kappa shape index (κ3) is 10.1. The molecule has 0 radical (unpaired) electrons. The van der Waals surface area contributed by atoms with Crippen LogP contribution < -0.4 is 25.2 Å². The van der Waals surface area contributed by atoms with Crippen molar-refractivity contribution in [2.75, 3.05) is 28.3 Å². The largest absolute Gasteiger partial charge is 0.497 e. The van der Waals surface area contributed by atoms with E-state index in [0.717, 1.165) is 11.1 Å². The lowest BCUT2D eigenvalue weighted by atomic mass is 10.2. The van der Waals surface area contributed by atoms with Crippen LogP contribution in [0.5, 0.6) is 11.5 Å². The summed E-state index contributed by atoms with van der Waals surface area (Å²) in [6.07, 6.45) is 2.84. The number of aromatic nitrogens is 4. The monoisotopic (exact) mass is 676 g/mol. The van der Waals surface area contributed by atoms with Crippen molar-refractivity contribution < 1.29 is 35.9 Å². The Kier molecular flexibility index (Phi) is 12.4. The van der Waals surface area contributed by atoms with E-state index in [4.69, 9.17) is 14.6 Å². The molecule has 0 saturated carbocycles. The first-order chi connectivity index (χ1) is 21.8. The number of amides is 2. The molecule has 18 heteroatoms. The first-order valence-electron chi connectivity index (χ1n) is 13.6. The summed E-state index contributed by atoms with van der Waals surface area (Å²) in [6.45, 7) is 0.177. The fourth-order valence-electron chi connectivity index (χ4n) is 3.83. The highest BCUT2D eigenvalue weighted by molar-refractivity contribution is 7.89. The molecular formula is C28H36N8O8S2. The van der Waals surface area contributed by atoms with Gasteiger partial charge in [-0.1, -0.05) is 24.3 Å². The Morgan fingerprint density at radius 2 is 1.11 bits per heavy atom. The van der Waals surface area contributed by atoms with Crippen molar-refractivity contribution in [1.82, 2.24) is 34.5 Å². The van der Waals surface area contributed by atoms with Gasteiger partial charge in [0.25, 0.3) is 20.0 Å². The molecular weight excluding hydrogens is 640 g/mol. The summed E-state index contributed by atoms with van der Waals surface area (Å²) in [5.74, 6) is 0.831. The van der Waals surface area contributed by atoms with Crippen LogP contribution >= 0.6 is 0 Å². The van der Waals surface area contributed by atoms with E-state index in [2.05, 4.69) is 20.8 Å². The summed E-state index contributed by atoms with van der Waals surface area (Å²) in [5, 5.41) is 17.1. The molecule has 248 valence electrons. The third-order valence-corrected chi connectivity index (χ3v) is 8.82. The Hall–Kier alpha value is -4.78. The third-order valence-electron chi connectivity index (χ3n) is 6.33. The van der Waals surface area contributed by atoms with Crippen LogP contribution in [0.1, 0.15) is 11.1 Å². The summed E-state index contributed by atoms with van der Waals surface area (Å²) in [6, 6.07) is 17.0. The number of carbonyl (C=O) groups excluding carboxylic acids is 2. The van der Waals surface area contributed by atoms with E-state index in [1.165, 1.54) is 52.3 Å². The number of benzene rings is 2. The molecule has 2 amide bonds. The molecule has 16 nitrogen and oxygen atoms in total.